The molecule has 1 N–H and O–H groups in total. The summed E-state index contributed by atoms with van der Waals surface area (Å²) in [6.07, 6.45) is -3.17. The van der Waals surface area contributed by atoms with Crippen molar-refractivity contribution in [3.05, 3.63) is 65.1 Å². The molecule has 0 aliphatic rings. The van der Waals surface area contributed by atoms with Gasteiger partial charge in [0.15, 0.2) is 12.1 Å². The number of rotatable bonds is 2. The lowest BCUT2D eigenvalue weighted by atomic mass is 10.1. The van der Waals surface area contributed by atoms with E-state index < -0.39 is 24.2 Å². The Kier molecular flexibility index (Phi) is 3.55. The summed E-state index contributed by atoms with van der Waals surface area (Å²) >= 11 is 0. The second-order valence-corrected chi connectivity index (χ2v) is 5.00. The lowest BCUT2D eigenvalue weighted by Crippen LogP contribution is -2.44. The summed E-state index contributed by atoms with van der Waals surface area (Å²) in [6.45, 7) is -1.40. The Morgan fingerprint density at radius 1 is 1.04 bits per heavy atom. The second kappa shape index (κ2) is 5.42. The number of benzene rings is 1. The summed E-state index contributed by atoms with van der Waals surface area (Å²) < 4.78 is 40.4. The van der Waals surface area contributed by atoms with Crippen LogP contribution in [-0.4, -0.2) is 15.8 Å². The molecular weight excluding hydrogens is 309 g/mol. The van der Waals surface area contributed by atoms with Gasteiger partial charge in [-0.15, -0.1) is 0 Å². The van der Waals surface area contributed by atoms with Crippen molar-refractivity contribution in [1.82, 2.24) is 4.57 Å². The molecule has 0 bridgehead atoms. The summed E-state index contributed by atoms with van der Waals surface area (Å²) in [5.41, 5.74) is -0.433. The Labute approximate surface area is 128 Å². The first-order chi connectivity index (χ1) is 10.9. The van der Waals surface area contributed by atoms with Gasteiger partial charge in [-0.3, -0.25) is 0 Å². The molecule has 3 aromatic rings. The quantitative estimate of drug-likeness (QED) is 0.737. The van der Waals surface area contributed by atoms with Gasteiger partial charge in [-0.2, -0.15) is 22.1 Å². The van der Waals surface area contributed by atoms with Crippen LogP contribution in [0.1, 0.15) is 0 Å². The van der Waals surface area contributed by atoms with Gasteiger partial charge in [0.25, 0.3) is 11.5 Å². The summed E-state index contributed by atoms with van der Waals surface area (Å²) in [5.74, 6) is -0.704. The number of aromatic hydroxyl groups is 1. The van der Waals surface area contributed by atoms with Crippen LogP contribution >= 0.6 is 0 Å². The van der Waals surface area contributed by atoms with Gasteiger partial charge >= 0.3 is 11.7 Å². The fourth-order valence-electron chi connectivity index (χ4n) is 2.48. The Hall–Kier alpha value is -2.83. The minimum absolute atomic E-state index is 0.0352. The SMILES string of the molecule is O=c1c(-c2ccccc2)c(O)n(CC(F)(F)F)c2cccc[n+]12. The number of alkyl halides is 3. The molecule has 118 valence electrons. The normalized spacial score (nSPS) is 11.8. The Morgan fingerprint density at radius 2 is 1.70 bits per heavy atom. The van der Waals surface area contributed by atoms with Crippen LogP contribution in [0.2, 0.25) is 0 Å². The highest BCUT2D eigenvalue weighted by Crippen LogP contribution is 2.28. The van der Waals surface area contributed by atoms with E-state index in [0.29, 0.717) is 10.1 Å². The Morgan fingerprint density at radius 3 is 2.35 bits per heavy atom. The maximum atomic E-state index is 12.9. The molecule has 2 heterocycles. The fraction of sp³-hybridized carbons (Fsp3) is 0.125. The molecule has 7 heteroatoms. The second-order valence-electron chi connectivity index (χ2n) is 5.00. The molecule has 0 unspecified atom stereocenters. The maximum Gasteiger partial charge on any atom is 0.426 e. The molecule has 0 aliphatic carbocycles. The number of fused-ring (bicyclic) bond motifs is 1. The average Bonchev–Trinajstić information content (AvgIpc) is 2.52. The zero-order chi connectivity index (χ0) is 16.6. The van der Waals surface area contributed by atoms with Gasteiger partial charge in [0.05, 0.1) is 6.20 Å². The Balaban J connectivity index is 2.40. The van der Waals surface area contributed by atoms with Crippen LogP contribution < -0.4 is 9.96 Å². The lowest BCUT2D eigenvalue weighted by Gasteiger charge is -2.11. The molecule has 4 nitrogen and oxygen atoms in total. The number of halogens is 3. The van der Waals surface area contributed by atoms with E-state index >= 15 is 0 Å². The summed E-state index contributed by atoms with van der Waals surface area (Å²) in [4.78, 5) is 12.6. The number of aromatic nitrogens is 2. The predicted octanol–water partition coefficient (Wildman–Crippen LogP) is 2.52. The van der Waals surface area contributed by atoms with Crippen LogP contribution in [0.15, 0.2) is 59.5 Å². The number of hydrogen-bond acceptors (Lipinski definition) is 2. The van der Waals surface area contributed by atoms with E-state index in [1.807, 2.05) is 0 Å². The third-order valence-corrected chi connectivity index (χ3v) is 3.43. The van der Waals surface area contributed by atoms with E-state index in [1.54, 1.807) is 30.3 Å². The van der Waals surface area contributed by atoms with Crippen molar-refractivity contribution in [2.75, 3.05) is 0 Å². The predicted molar refractivity (Wildman–Crippen MR) is 77.0 cm³/mol. The highest BCUT2D eigenvalue weighted by molar-refractivity contribution is 5.67. The molecule has 0 amide bonds. The van der Waals surface area contributed by atoms with Crippen LogP contribution in [-0.2, 0) is 6.54 Å². The van der Waals surface area contributed by atoms with Gasteiger partial charge in [-0.1, -0.05) is 36.4 Å². The minimum atomic E-state index is -4.54. The molecule has 0 atom stereocenters. The maximum absolute atomic E-state index is 12.9. The molecule has 23 heavy (non-hydrogen) atoms. The van der Waals surface area contributed by atoms with E-state index in [2.05, 4.69) is 0 Å². The number of pyridine rings is 1. The molecule has 2 aromatic heterocycles. The van der Waals surface area contributed by atoms with Crippen molar-refractivity contribution in [2.45, 2.75) is 12.7 Å². The van der Waals surface area contributed by atoms with Crippen molar-refractivity contribution in [2.24, 2.45) is 0 Å². The first-order valence-electron chi connectivity index (χ1n) is 6.77. The number of hydrogen-bond donors (Lipinski definition) is 1. The van der Waals surface area contributed by atoms with Crippen LogP contribution in [0.5, 0.6) is 5.88 Å². The van der Waals surface area contributed by atoms with Crippen molar-refractivity contribution in [1.29, 1.82) is 0 Å². The zero-order valence-corrected chi connectivity index (χ0v) is 11.8. The molecule has 0 fully saturated rings. The smallest absolute Gasteiger partial charge is 0.426 e. The monoisotopic (exact) mass is 321 g/mol. The van der Waals surface area contributed by atoms with Gasteiger partial charge in [-0.05, 0) is 11.6 Å². The summed E-state index contributed by atoms with van der Waals surface area (Å²) in [6, 6.07) is 12.5. The molecule has 3 rings (SSSR count). The van der Waals surface area contributed by atoms with E-state index in [-0.39, 0.29) is 11.2 Å². The molecule has 1 aromatic carbocycles. The minimum Gasteiger partial charge on any atom is -0.477 e. The standard InChI is InChI=1S/C16H11F3N2O2/c17-16(18,19)10-21-12-8-4-5-9-20(12)14(22)13(15(21)23)11-6-2-1-3-7-11/h1-9H,10H2/p+1. The van der Waals surface area contributed by atoms with Crippen molar-refractivity contribution in [3.8, 4) is 17.0 Å². The third kappa shape index (κ3) is 2.77. The molecule has 0 aliphatic heterocycles. The largest absolute Gasteiger partial charge is 0.477 e. The van der Waals surface area contributed by atoms with E-state index in [0.717, 1.165) is 4.40 Å². The van der Waals surface area contributed by atoms with Crippen LogP contribution in [0, 0.1) is 0 Å². The van der Waals surface area contributed by atoms with Gasteiger partial charge in [0, 0.05) is 6.07 Å². The van der Waals surface area contributed by atoms with E-state index in [1.165, 1.54) is 24.4 Å². The van der Waals surface area contributed by atoms with Gasteiger partial charge in [-0.25, -0.2) is 4.79 Å². The first kappa shape index (κ1) is 15.1. The lowest BCUT2D eigenvalue weighted by molar-refractivity contribution is -0.532. The van der Waals surface area contributed by atoms with Gasteiger partial charge in [0.2, 0.25) is 0 Å². The van der Waals surface area contributed by atoms with Crippen LogP contribution in [0.3, 0.4) is 0 Å². The summed E-state index contributed by atoms with van der Waals surface area (Å²) in [5, 5.41) is 10.3. The highest BCUT2D eigenvalue weighted by atomic mass is 19.4. The summed E-state index contributed by atoms with van der Waals surface area (Å²) in [7, 11) is 0. The van der Waals surface area contributed by atoms with Crippen LogP contribution in [0.25, 0.3) is 16.8 Å². The first-order valence-corrected chi connectivity index (χ1v) is 6.77. The molecule has 0 saturated carbocycles. The highest BCUT2D eigenvalue weighted by Gasteiger charge is 2.35. The molecule has 0 radical (unpaired) electrons. The van der Waals surface area contributed by atoms with Crippen molar-refractivity contribution >= 4 is 5.65 Å². The van der Waals surface area contributed by atoms with E-state index in [9.17, 15) is 23.1 Å². The molecular formula is C16H12F3N2O2+. The molecule has 0 saturated heterocycles. The van der Waals surface area contributed by atoms with E-state index in [4.69, 9.17) is 0 Å². The Bertz CT molecular complexity index is 918. The third-order valence-electron chi connectivity index (χ3n) is 3.43. The average molecular weight is 321 g/mol. The zero-order valence-electron chi connectivity index (χ0n) is 11.8. The fourth-order valence-corrected chi connectivity index (χ4v) is 2.48. The number of nitrogens with zero attached hydrogens (tertiary/aromatic N) is 2. The van der Waals surface area contributed by atoms with Gasteiger partial charge in [0.1, 0.15) is 0 Å². The molecule has 0 spiro atoms. The van der Waals surface area contributed by atoms with Gasteiger partial charge < -0.3 is 5.11 Å². The topological polar surface area (TPSA) is 46.3 Å². The van der Waals surface area contributed by atoms with Crippen molar-refractivity contribution in [3.63, 3.8) is 0 Å². The van der Waals surface area contributed by atoms with Crippen molar-refractivity contribution < 1.29 is 22.7 Å². The van der Waals surface area contributed by atoms with Crippen LogP contribution in [0.4, 0.5) is 13.2 Å².